The summed E-state index contributed by atoms with van der Waals surface area (Å²) in [7, 11) is -3.54. The molecule has 0 radical (unpaired) electrons. The topological polar surface area (TPSA) is 84.2 Å². The van der Waals surface area contributed by atoms with Gasteiger partial charge in [-0.15, -0.1) is 0 Å². The van der Waals surface area contributed by atoms with Crippen molar-refractivity contribution < 1.29 is 13.5 Å². The van der Waals surface area contributed by atoms with E-state index < -0.39 is 10.0 Å². The highest BCUT2D eigenvalue weighted by Crippen LogP contribution is 2.32. The van der Waals surface area contributed by atoms with Crippen LogP contribution >= 0.6 is 0 Å². The van der Waals surface area contributed by atoms with Crippen molar-refractivity contribution >= 4 is 10.0 Å². The molecule has 7 heteroatoms. The van der Waals surface area contributed by atoms with E-state index in [2.05, 4.69) is 9.82 Å². The van der Waals surface area contributed by atoms with Crippen molar-refractivity contribution in [3.8, 4) is 0 Å². The van der Waals surface area contributed by atoms with Crippen molar-refractivity contribution in [2.75, 3.05) is 0 Å². The van der Waals surface area contributed by atoms with E-state index in [1.165, 1.54) is 16.9 Å². The van der Waals surface area contributed by atoms with Crippen LogP contribution in [0.2, 0.25) is 0 Å². The van der Waals surface area contributed by atoms with Crippen molar-refractivity contribution in [2.24, 2.45) is 5.92 Å². The number of aliphatic hydroxyl groups is 1. The Morgan fingerprint density at radius 3 is 2.74 bits per heavy atom. The first-order chi connectivity index (χ1) is 8.97. The van der Waals surface area contributed by atoms with Crippen LogP contribution in [0.3, 0.4) is 0 Å². The number of hydrogen-bond donors (Lipinski definition) is 2. The van der Waals surface area contributed by atoms with E-state index in [0.717, 1.165) is 6.42 Å². The quantitative estimate of drug-likeness (QED) is 0.808. The van der Waals surface area contributed by atoms with E-state index in [9.17, 15) is 13.5 Å². The predicted octanol–water partition coefficient (Wildman–Crippen LogP) is 0.731. The summed E-state index contributed by atoms with van der Waals surface area (Å²) < 4.78 is 28.9. The highest BCUT2D eigenvalue weighted by atomic mass is 32.2. The van der Waals surface area contributed by atoms with Gasteiger partial charge >= 0.3 is 0 Å². The van der Waals surface area contributed by atoms with E-state index in [0.29, 0.717) is 19.4 Å². The Morgan fingerprint density at radius 1 is 1.53 bits per heavy atom. The van der Waals surface area contributed by atoms with Gasteiger partial charge in [0.25, 0.3) is 10.0 Å². The van der Waals surface area contributed by atoms with Gasteiger partial charge in [-0.3, -0.25) is 4.68 Å². The summed E-state index contributed by atoms with van der Waals surface area (Å²) in [5, 5.41) is 13.5. The number of sulfonamides is 1. The number of aryl methyl sites for hydroxylation is 1. The maximum atomic E-state index is 12.3. The van der Waals surface area contributed by atoms with Gasteiger partial charge in [0.2, 0.25) is 0 Å². The highest BCUT2D eigenvalue weighted by molar-refractivity contribution is 7.89. The Hall–Kier alpha value is -0.920. The zero-order valence-electron chi connectivity index (χ0n) is 11.3. The zero-order valence-corrected chi connectivity index (χ0v) is 12.1. The molecule has 1 saturated carbocycles. The minimum absolute atomic E-state index is 0.117. The Labute approximate surface area is 113 Å². The van der Waals surface area contributed by atoms with Gasteiger partial charge < -0.3 is 5.11 Å². The molecule has 0 saturated heterocycles. The molecule has 1 aromatic rings. The van der Waals surface area contributed by atoms with Crippen LogP contribution in [0.5, 0.6) is 0 Å². The van der Waals surface area contributed by atoms with Crippen molar-refractivity contribution in [1.29, 1.82) is 0 Å². The second kappa shape index (κ2) is 5.60. The number of aromatic nitrogens is 2. The van der Waals surface area contributed by atoms with Gasteiger partial charge in [0, 0.05) is 12.6 Å². The third-order valence-electron chi connectivity index (χ3n) is 3.72. The molecule has 108 valence electrons. The second-order valence-electron chi connectivity index (χ2n) is 5.01. The first-order valence-electron chi connectivity index (χ1n) is 6.70. The molecule has 1 heterocycles. The average Bonchev–Trinajstić information content (AvgIpc) is 2.81. The van der Waals surface area contributed by atoms with Crippen LogP contribution in [0, 0.1) is 5.92 Å². The largest absolute Gasteiger partial charge is 0.393 e. The van der Waals surface area contributed by atoms with E-state index in [4.69, 9.17) is 0 Å². The number of rotatable bonds is 6. The molecule has 6 nitrogen and oxygen atoms in total. The van der Waals surface area contributed by atoms with Gasteiger partial charge in [-0.05, 0) is 38.2 Å². The highest BCUT2D eigenvalue weighted by Gasteiger charge is 2.35. The SMILES string of the molecule is CCC(NS(=O)(=O)c1ccnn1CC)C1CC(O)C1. The molecule has 1 unspecified atom stereocenters. The summed E-state index contributed by atoms with van der Waals surface area (Å²) >= 11 is 0. The molecule has 0 amide bonds. The molecule has 0 spiro atoms. The van der Waals surface area contributed by atoms with Crippen LogP contribution in [-0.2, 0) is 16.6 Å². The summed E-state index contributed by atoms with van der Waals surface area (Å²) in [6.07, 6.45) is 3.29. The Kier molecular flexibility index (Phi) is 4.27. The molecule has 0 aliphatic heterocycles. The minimum atomic E-state index is -3.54. The number of nitrogens with one attached hydrogen (secondary N) is 1. The molecule has 1 atom stereocenters. The van der Waals surface area contributed by atoms with Crippen molar-refractivity contribution in [2.45, 2.75) is 56.8 Å². The molecule has 2 N–H and O–H groups in total. The average molecular weight is 287 g/mol. The van der Waals surface area contributed by atoms with Gasteiger partial charge in [0.15, 0.2) is 5.03 Å². The van der Waals surface area contributed by atoms with Crippen LogP contribution in [-0.4, -0.2) is 35.5 Å². The first kappa shape index (κ1) is 14.5. The number of hydrogen-bond acceptors (Lipinski definition) is 4. The third kappa shape index (κ3) is 2.98. The van der Waals surface area contributed by atoms with Crippen LogP contribution in [0.15, 0.2) is 17.3 Å². The Morgan fingerprint density at radius 2 is 2.21 bits per heavy atom. The fourth-order valence-electron chi connectivity index (χ4n) is 2.52. The lowest BCUT2D eigenvalue weighted by atomic mass is 9.77. The van der Waals surface area contributed by atoms with Crippen LogP contribution in [0.1, 0.15) is 33.1 Å². The third-order valence-corrected chi connectivity index (χ3v) is 5.23. The smallest absolute Gasteiger partial charge is 0.257 e. The minimum Gasteiger partial charge on any atom is -0.393 e. The first-order valence-corrected chi connectivity index (χ1v) is 8.18. The fourth-order valence-corrected chi connectivity index (χ4v) is 4.09. The van der Waals surface area contributed by atoms with Crippen molar-refractivity contribution in [3.63, 3.8) is 0 Å². The normalized spacial score (nSPS) is 25.0. The van der Waals surface area contributed by atoms with E-state index in [1.807, 2.05) is 13.8 Å². The summed E-state index contributed by atoms with van der Waals surface area (Å²) in [4.78, 5) is 0. The molecule has 2 rings (SSSR count). The van der Waals surface area contributed by atoms with E-state index in [-0.39, 0.29) is 23.1 Å². The van der Waals surface area contributed by atoms with Crippen LogP contribution in [0.25, 0.3) is 0 Å². The lowest BCUT2D eigenvalue weighted by molar-refractivity contribution is 0.0277. The van der Waals surface area contributed by atoms with Gasteiger partial charge in [0.05, 0.1) is 12.3 Å². The molecule has 1 aromatic heterocycles. The molecule has 0 aromatic carbocycles. The van der Waals surface area contributed by atoms with E-state index >= 15 is 0 Å². The van der Waals surface area contributed by atoms with Gasteiger partial charge in [-0.2, -0.15) is 5.10 Å². The van der Waals surface area contributed by atoms with Gasteiger partial charge in [-0.1, -0.05) is 6.92 Å². The van der Waals surface area contributed by atoms with Crippen molar-refractivity contribution in [3.05, 3.63) is 12.3 Å². The van der Waals surface area contributed by atoms with Crippen molar-refractivity contribution in [1.82, 2.24) is 14.5 Å². The molecule has 1 aliphatic carbocycles. The van der Waals surface area contributed by atoms with Gasteiger partial charge in [-0.25, -0.2) is 13.1 Å². The fraction of sp³-hybridized carbons (Fsp3) is 0.750. The van der Waals surface area contributed by atoms with Gasteiger partial charge in [0.1, 0.15) is 0 Å². The number of aliphatic hydroxyl groups excluding tert-OH is 1. The number of nitrogens with zero attached hydrogens (tertiary/aromatic N) is 2. The summed E-state index contributed by atoms with van der Waals surface area (Å²) in [5.41, 5.74) is 0. The summed E-state index contributed by atoms with van der Waals surface area (Å²) in [6.45, 7) is 4.32. The molecular weight excluding hydrogens is 266 g/mol. The maximum Gasteiger partial charge on any atom is 0.257 e. The standard InChI is InChI=1S/C12H21N3O3S/c1-3-11(9-7-10(16)8-9)14-19(17,18)12-5-6-13-15(12)4-2/h5-6,9-11,14,16H,3-4,7-8H2,1-2H3. The molecule has 0 bridgehead atoms. The molecule has 1 aliphatic rings. The Bertz CT molecular complexity index is 520. The predicted molar refractivity (Wildman–Crippen MR) is 71.0 cm³/mol. The Balaban J connectivity index is 2.12. The maximum absolute atomic E-state index is 12.3. The molecule has 1 fully saturated rings. The van der Waals surface area contributed by atoms with Crippen LogP contribution in [0.4, 0.5) is 0 Å². The summed E-state index contributed by atoms with van der Waals surface area (Å²) in [6, 6.07) is 1.39. The monoisotopic (exact) mass is 287 g/mol. The summed E-state index contributed by atoms with van der Waals surface area (Å²) in [5.74, 6) is 0.229. The lowest BCUT2D eigenvalue weighted by Gasteiger charge is -2.37. The lowest BCUT2D eigenvalue weighted by Crippen LogP contribution is -2.46. The molecular formula is C12H21N3O3S. The second-order valence-corrected chi connectivity index (χ2v) is 6.67. The zero-order chi connectivity index (χ0) is 14.0. The van der Waals surface area contributed by atoms with E-state index in [1.54, 1.807) is 0 Å². The van der Waals surface area contributed by atoms with Crippen LogP contribution < -0.4 is 4.72 Å². The molecule has 19 heavy (non-hydrogen) atoms.